The molecule has 1 unspecified atom stereocenters. The van der Waals surface area contributed by atoms with Crippen molar-refractivity contribution in [3.63, 3.8) is 0 Å². The molecule has 0 heterocycles. The molecule has 1 aliphatic carbocycles. The molecule has 0 saturated heterocycles. The molecule has 0 amide bonds. The van der Waals surface area contributed by atoms with E-state index in [2.05, 4.69) is 5.32 Å². The number of rotatable bonds is 3. The maximum atomic E-state index is 13.4. The number of hydrogen-bond donors (Lipinski definition) is 1. The highest BCUT2D eigenvalue weighted by molar-refractivity contribution is 5.87. The Morgan fingerprint density at radius 3 is 2.71 bits per heavy atom. The molecule has 108 valence electrons. The molecule has 2 aromatic rings. The van der Waals surface area contributed by atoms with Crippen LogP contribution in [0, 0.1) is 5.82 Å². The van der Waals surface area contributed by atoms with Crippen LogP contribution in [0.3, 0.4) is 0 Å². The van der Waals surface area contributed by atoms with Crippen LogP contribution >= 0.6 is 0 Å². The molecule has 0 fully saturated rings. The summed E-state index contributed by atoms with van der Waals surface area (Å²) in [5, 5.41) is 3.28. The number of nitrogens with one attached hydrogen (secondary N) is 1. The van der Waals surface area contributed by atoms with Crippen LogP contribution in [0.4, 0.5) is 10.1 Å². The number of carbonyl (C=O) groups is 1. The predicted molar refractivity (Wildman–Crippen MR) is 78.5 cm³/mol. The van der Waals surface area contributed by atoms with Crippen LogP contribution in [0.15, 0.2) is 48.5 Å². The van der Waals surface area contributed by atoms with Gasteiger partial charge in [-0.05, 0) is 48.2 Å². The van der Waals surface area contributed by atoms with Gasteiger partial charge >= 0.3 is 5.97 Å². The molecule has 0 aliphatic heterocycles. The molecule has 0 bridgehead atoms. The highest BCUT2D eigenvalue weighted by Crippen LogP contribution is 2.40. The van der Waals surface area contributed by atoms with Gasteiger partial charge in [0.05, 0.1) is 7.11 Å². The Balaban J connectivity index is 2.07. The zero-order valence-electron chi connectivity index (χ0n) is 11.7. The third-order valence-corrected chi connectivity index (χ3v) is 3.96. The van der Waals surface area contributed by atoms with E-state index in [1.807, 2.05) is 30.3 Å². The zero-order valence-corrected chi connectivity index (χ0v) is 11.7. The van der Waals surface area contributed by atoms with Crippen molar-refractivity contribution in [2.24, 2.45) is 0 Å². The van der Waals surface area contributed by atoms with Gasteiger partial charge in [0, 0.05) is 5.69 Å². The topological polar surface area (TPSA) is 38.3 Å². The number of halogens is 1. The number of aryl methyl sites for hydroxylation is 1. The fourth-order valence-electron chi connectivity index (χ4n) is 2.98. The van der Waals surface area contributed by atoms with Crippen molar-refractivity contribution in [1.29, 1.82) is 0 Å². The summed E-state index contributed by atoms with van der Waals surface area (Å²) in [6, 6.07) is 14.0. The SMILES string of the molecule is COC(=O)C1(Nc2ccccc2)CCc2cc(F)ccc21. The Morgan fingerprint density at radius 2 is 2.00 bits per heavy atom. The van der Waals surface area contributed by atoms with Gasteiger partial charge in [-0.2, -0.15) is 0 Å². The van der Waals surface area contributed by atoms with Gasteiger partial charge in [0.1, 0.15) is 5.82 Å². The number of esters is 1. The van der Waals surface area contributed by atoms with Gasteiger partial charge in [0.25, 0.3) is 0 Å². The average molecular weight is 285 g/mol. The van der Waals surface area contributed by atoms with E-state index in [1.54, 1.807) is 6.07 Å². The highest BCUT2D eigenvalue weighted by atomic mass is 19.1. The van der Waals surface area contributed by atoms with Crippen LogP contribution in [0.5, 0.6) is 0 Å². The number of benzene rings is 2. The van der Waals surface area contributed by atoms with Crippen LogP contribution in [0.1, 0.15) is 17.5 Å². The summed E-state index contributed by atoms with van der Waals surface area (Å²) in [6.45, 7) is 0. The average Bonchev–Trinajstić information content (AvgIpc) is 2.86. The first-order valence-electron chi connectivity index (χ1n) is 6.86. The zero-order chi connectivity index (χ0) is 14.9. The predicted octanol–water partition coefficient (Wildman–Crippen LogP) is 3.25. The fourth-order valence-corrected chi connectivity index (χ4v) is 2.98. The Bertz CT molecular complexity index is 672. The van der Waals surface area contributed by atoms with Crippen LogP contribution in [0.2, 0.25) is 0 Å². The Labute approximate surface area is 122 Å². The summed E-state index contributed by atoms with van der Waals surface area (Å²) in [4.78, 5) is 12.4. The van der Waals surface area contributed by atoms with Crippen LogP contribution < -0.4 is 5.32 Å². The molecule has 3 rings (SSSR count). The van der Waals surface area contributed by atoms with Crippen molar-refractivity contribution in [1.82, 2.24) is 0 Å². The van der Waals surface area contributed by atoms with E-state index in [4.69, 9.17) is 4.74 Å². The minimum Gasteiger partial charge on any atom is -0.467 e. The van der Waals surface area contributed by atoms with Gasteiger partial charge in [-0.25, -0.2) is 9.18 Å². The normalized spacial score (nSPS) is 19.9. The molecule has 21 heavy (non-hydrogen) atoms. The smallest absolute Gasteiger partial charge is 0.336 e. The summed E-state index contributed by atoms with van der Waals surface area (Å²) >= 11 is 0. The standard InChI is InChI=1S/C17H16FNO2/c1-21-16(20)17(19-14-5-3-2-4-6-14)10-9-12-11-13(18)7-8-15(12)17/h2-8,11,19H,9-10H2,1H3. The molecular formula is C17H16FNO2. The Morgan fingerprint density at radius 1 is 1.24 bits per heavy atom. The van der Waals surface area contributed by atoms with Gasteiger partial charge < -0.3 is 10.1 Å². The summed E-state index contributed by atoms with van der Waals surface area (Å²) in [5.74, 6) is -0.633. The van der Waals surface area contributed by atoms with Crippen LogP contribution in [-0.4, -0.2) is 13.1 Å². The van der Waals surface area contributed by atoms with Crippen molar-refractivity contribution < 1.29 is 13.9 Å². The van der Waals surface area contributed by atoms with Gasteiger partial charge in [0.15, 0.2) is 5.54 Å². The summed E-state index contributed by atoms with van der Waals surface area (Å²) in [6.07, 6.45) is 1.19. The fraction of sp³-hybridized carbons (Fsp3) is 0.235. The van der Waals surface area contributed by atoms with Crippen molar-refractivity contribution in [3.05, 3.63) is 65.5 Å². The molecule has 0 aromatic heterocycles. The lowest BCUT2D eigenvalue weighted by Gasteiger charge is -2.29. The molecule has 1 atom stereocenters. The molecule has 0 radical (unpaired) electrons. The lowest BCUT2D eigenvalue weighted by Crippen LogP contribution is -2.42. The molecule has 1 N–H and O–H groups in total. The van der Waals surface area contributed by atoms with Crippen molar-refractivity contribution >= 4 is 11.7 Å². The van der Waals surface area contributed by atoms with Gasteiger partial charge in [0.2, 0.25) is 0 Å². The maximum absolute atomic E-state index is 13.4. The Hall–Kier alpha value is -2.36. The quantitative estimate of drug-likeness (QED) is 0.880. The minimum absolute atomic E-state index is 0.283. The van der Waals surface area contributed by atoms with Gasteiger partial charge in [-0.15, -0.1) is 0 Å². The number of ether oxygens (including phenoxy) is 1. The summed E-state index contributed by atoms with van der Waals surface area (Å²) in [7, 11) is 1.37. The Kier molecular flexibility index (Phi) is 3.37. The van der Waals surface area contributed by atoms with Gasteiger partial charge in [-0.3, -0.25) is 0 Å². The van der Waals surface area contributed by atoms with E-state index in [1.165, 1.54) is 19.2 Å². The third-order valence-electron chi connectivity index (χ3n) is 3.96. The highest BCUT2D eigenvalue weighted by Gasteiger charge is 2.46. The summed E-state index contributed by atoms with van der Waals surface area (Å²) in [5.41, 5.74) is 1.53. The second-order valence-electron chi connectivity index (χ2n) is 5.19. The van der Waals surface area contributed by atoms with E-state index in [0.29, 0.717) is 12.8 Å². The molecule has 4 heteroatoms. The van der Waals surface area contributed by atoms with Crippen molar-refractivity contribution in [2.75, 3.05) is 12.4 Å². The van der Waals surface area contributed by atoms with E-state index in [-0.39, 0.29) is 11.8 Å². The number of fused-ring (bicyclic) bond motifs is 1. The maximum Gasteiger partial charge on any atom is 0.336 e. The molecule has 3 nitrogen and oxygen atoms in total. The van der Waals surface area contributed by atoms with Crippen LogP contribution in [-0.2, 0) is 21.5 Å². The van der Waals surface area contributed by atoms with Crippen LogP contribution in [0.25, 0.3) is 0 Å². The van der Waals surface area contributed by atoms with Gasteiger partial charge in [-0.1, -0.05) is 24.3 Å². The first-order chi connectivity index (χ1) is 10.2. The number of methoxy groups -OCH3 is 1. The van der Waals surface area contributed by atoms with E-state index < -0.39 is 5.54 Å². The van der Waals surface area contributed by atoms with E-state index in [9.17, 15) is 9.18 Å². The molecule has 0 spiro atoms. The lowest BCUT2D eigenvalue weighted by atomic mass is 9.91. The summed E-state index contributed by atoms with van der Waals surface area (Å²) < 4.78 is 18.4. The van der Waals surface area contributed by atoms with E-state index >= 15 is 0 Å². The first kappa shape index (κ1) is 13.6. The van der Waals surface area contributed by atoms with Crippen molar-refractivity contribution in [3.8, 4) is 0 Å². The molecule has 0 saturated carbocycles. The lowest BCUT2D eigenvalue weighted by molar-refractivity contribution is -0.146. The number of para-hydroxylation sites is 1. The second kappa shape index (κ2) is 5.20. The van der Waals surface area contributed by atoms with E-state index in [0.717, 1.165) is 16.8 Å². The third kappa shape index (κ3) is 2.27. The number of anilines is 1. The number of carbonyl (C=O) groups excluding carboxylic acids is 1. The van der Waals surface area contributed by atoms with Crippen molar-refractivity contribution in [2.45, 2.75) is 18.4 Å². The second-order valence-corrected chi connectivity index (χ2v) is 5.19. The monoisotopic (exact) mass is 285 g/mol. The number of hydrogen-bond acceptors (Lipinski definition) is 3. The molecule has 2 aromatic carbocycles. The molecule has 1 aliphatic rings. The molecular weight excluding hydrogens is 269 g/mol. The minimum atomic E-state index is -0.945. The first-order valence-corrected chi connectivity index (χ1v) is 6.86. The largest absolute Gasteiger partial charge is 0.467 e.